The molecule has 18 heavy (non-hydrogen) atoms. The van der Waals surface area contributed by atoms with Gasteiger partial charge in [-0.3, -0.25) is 0 Å². The maximum atomic E-state index is 5.52. The van der Waals surface area contributed by atoms with E-state index >= 15 is 0 Å². The average molecular weight is 266 g/mol. The van der Waals surface area contributed by atoms with Crippen LogP contribution in [0.3, 0.4) is 0 Å². The van der Waals surface area contributed by atoms with Gasteiger partial charge in [0.05, 0.1) is 17.7 Å². The molecule has 0 radical (unpaired) electrons. The van der Waals surface area contributed by atoms with Crippen LogP contribution in [0.2, 0.25) is 0 Å². The third-order valence-electron chi connectivity index (χ3n) is 2.65. The van der Waals surface area contributed by atoms with Gasteiger partial charge in [0.1, 0.15) is 0 Å². The van der Waals surface area contributed by atoms with Gasteiger partial charge in [-0.1, -0.05) is 18.9 Å². The van der Waals surface area contributed by atoms with Gasteiger partial charge in [0.25, 0.3) is 0 Å². The first-order chi connectivity index (χ1) is 8.65. The van der Waals surface area contributed by atoms with Gasteiger partial charge in [0.15, 0.2) is 0 Å². The smallest absolute Gasteiger partial charge is 0.315 e. The Morgan fingerprint density at radius 3 is 2.89 bits per heavy atom. The van der Waals surface area contributed by atoms with Gasteiger partial charge in [-0.05, 0) is 19.3 Å². The molecule has 0 aliphatic carbocycles. The number of rotatable bonds is 6. The second-order valence-corrected chi connectivity index (χ2v) is 5.59. The zero-order chi connectivity index (χ0) is 13.0. The van der Waals surface area contributed by atoms with Crippen molar-refractivity contribution in [2.45, 2.75) is 40.2 Å². The van der Waals surface area contributed by atoms with Crippen LogP contribution in [0.25, 0.3) is 0 Å². The molecular formula is C12H18N4OS. The first kappa shape index (κ1) is 13.0. The van der Waals surface area contributed by atoms with Gasteiger partial charge in [0.2, 0.25) is 5.89 Å². The van der Waals surface area contributed by atoms with E-state index in [0.29, 0.717) is 24.4 Å². The maximum Gasteiger partial charge on any atom is 0.315 e. The molecule has 2 rings (SSSR count). The molecule has 0 spiro atoms. The Balaban J connectivity index is 1.85. The molecule has 0 aromatic carbocycles. The molecule has 2 aromatic heterocycles. The number of aromatic nitrogens is 3. The van der Waals surface area contributed by atoms with Crippen molar-refractivity contribution in [1.29, 1.82) is 0 Å². The van der Waals surface area contributed by atoms with E-state index in [0.717, 1.165) is 18.5 Å². The number of aryl methyl sites for hydroxylation is 2. The summed E-state index contributed by atoms with van der Waals surface area (Å²) in [6.45, 7) is 7.04. The van der Waals surface area contributed by atoms with Crippen LogP contribution < -0.4 is 5.32 Å². The third-order valence-corrected chi connectivity index (χ3v) is 3.58. The zero-order valence-electron chi connectivity index (χ0n) is 10.9. The Bertz CT molecular complexity index is 492. The fourth-order valence-electron chi connectivity index (χ4n) is 1.49. The standard InChI is InChI=1S/C12H18N4OS/c1-8(2)4-5-11-15-16-12(17-11)13-6-10-9(3)14-7-18-10/h7-8H,4-6H2,1-3H3,(H,13,16). The molecule has 0 atom stereocenters. The third kappa shape index (κ3) is 3.53. The van der Waals surface area contributed by atoms with Gasteiger partial charge < -0.3 is 9.73 Å². The van der Waals surface area contributed by atoms with E-state index in [1.165, 1.54) is 4.88 Å². The van der Waals surface area contributed by atoms with Gasteiger partial charge in [-0.25, -0.2) is 4.98 Å². The number of nitrogens with zero attached hydrogens (tertiary/aromatic N) is 3. The summed E-state index contributed by atoms with van der Waals surface area (Å²) in [5.74, 6) is 1.35. The first-order valence-electron chi connectivity index (χ1n) is 6.10. The fourth-order valence-corrected chi connectivity index (χ4v) is 2.21. The Hall–Kier alpha value is -1.43. The van der Waals surface area contributed by atoms with Gasteiger partial charge in [-0.2, -0.15) is 0 Å². The lowest BCUT2D eigenvalue weighted by Gasteiger charge is -2.00. The van der Waals surface area contributed by atoms with Crippen molar-refractivity contribution in [2.75, 3.05) is 5.32 Å². The lowest BCUT2D eigenvalue weighted by Crippen LogP contribution is -1.99. The second kappa shape index (κ2) is 5.95. The molecule has 0 aliphatic heterocycles. The van der Waals surface area contributed by atoms with E-state index in [-0.39, 0.29) is 0 Å². The van der Waals surface area contributed by atoms with E-state index in [4.69, 9.17) is 4.42 Å². The molecule has 2 heterocycles. The van der Waals surface area contributed by atoms with Crippen molar-refractivity contribution in [3.05, 3.63) is 22.0 Å². The van der Waals surface area contributed by atoms with Crippen molar-refractivity contribution in [3.63, 3.8) is 0 Å². The Labute approximate surface area is 111 Å². The molecule has 5 nitrogen and oxygen atoms in total. The lowest BCUT2D eigenvalue weighted by atomic mass is 10.1. The SMILES string of the molecule is Cc1ncsc1CNc1nnc(CCC(C)C)o1. The van der Waals surface area contributed by atoms with Gasteiger partial charge in [0, 0.05) is 11.3 Å². The molecule has 0 saturated heterocycles. The molecule has 6 heteroatoms. The van der Waals surface area contributed by atoms with Crippen molar-refractivity contribution >= 4 is 17.4 Å². The van der Waals surface area contributed by atoms with Crippen LogP contribution in [0.15, 0.2) is 9.93 Å². The van der Waals surface area contributed by atoms with Crippen molar-refractivity contribution in [1.82, 2.24) is 15.2 Å². The number of nitrogens with one attached hydrogen (secondary N) is 1. The summed E-state index contributed by atoms with van der Waals surface area (Å²) in [5, 5.41) is 11.1. The van der Waals surface area contributed by atoms with Crippen LogP contribution in [0.5, 0.6) is 0 Å². The molecule has 0 saturated carbocycles. The number of anilines is 1. The number of thiazole rings is 1. The monoisotopic (exact) mass is 266 g/mol. The Morgan fingerprint density at radius 2 is 2.22 bits per heavy atom. The van der Waals surface area contributed by atoms with Crippen LogP contribution in [-0.4, -0.2) is 15.2 Å². The Morgan fingerprint density at radius 1 is 1.39 bits per heavy atom. The average Bonchev–Trinajstić information content (AvgIpc) is 2.93. The van der Waals surface area contributed by atoms with E-state index in [9.17, 15) is 0 Å². The molecule has 2 aromatic rings. The molecule has 1 N–H and O–H groups in total. The first-order valence-corrected chi connectivity index (χ1v) is 6.98. The predicted octanol–water partition coefficient (Wildman–Crippen LogP) is 3.04. The largest absolute Gasteiger partial charge is 0.408 e. The van der Waals surface area contributed by atoms with E-state index in [2.05, 4.69) is 34.3 Å². The van der Waals surface area contributed by atoms with Crippen LogP contribution in [-0.2, 0) is 13.0 Å². The highest BCUT2D eigenvalue weighted by atomic mass is 32.1. The molecule has 0 amide bonds. The second-order valence-electron chi connectivity index (χ2n) is 4.65. The summed E-state index contributed by atoms with van der Waals surface area (Å²) in [5.41, 5.74) is 2.89. The van der Waals surface area contributed by atoms with Crippen LogP contribution >= 0.6 is 11.3 Å². The van der Waals surface area contributed by atoms with Crippen molar-refractivity contribution < 1.29 is 4.42 Å². The lowest BCUT2D eigenvalue weighted by molar-refractivity contribution is 0.469. The normalized spacial score (nSPS) is 11.1. The quantitative estimate of drug-likeness (QED) is 0.870. The number of hydrogen-bond donors (Lipinski definition) is 1. The fraction of sp³-hybridized carbons (Fsp3) is 0.583. The predicted molar refractivity (Wildman–Crippen MR) is 71.6 cm³/mol. The minimum absolute atomic E-state index is 0.488. The summed E-state index contributed by atoms with van der Waals surface area (Å²) < 4.78 is 5.52. The van der Waals surface area contributed by atoms with Gasteiger partial charge in [-0.15, -0.1) is 16.4 Å². The zero-order valence-corrected chi connectivity index (χ0v) is 11.8. The summed E-state index contributed by atoms with van der Waals surface area (Å²) in [6, 6.07) is 0.488. The highest BCUT2D eigenvalue weighted by molar-refractivity contribution is 7.09. The topological polar surface area (TPSA) is 63.8 Å². The maximum absolute atomic E-state index is 5.52. The molecule has 98 valence electrons. The minimum atomic E-state index is 0.488. The highest BCUT2D eigenvalue weighted by Crippen LogP contribution is 2.15. The van der Waals surface area contributed by atoms with E-state index < -0.39 is 0 Å². The van der Waals surface area contributed by atoms with Crippen LogP contribution in [0.1, 0.15) is 36.7 Å². The molecule has 0 fully saturated rings. The Kier molecular flexibility index (Phi) is 4.30. The molecule has 0 bridgehead atoms. The molecule has 0 aliphatic rings. The summed E-state index contributed by atoms with van der Waals surface area (Å²) in [7, 11) is 0. The molecule has 0 unspecified atom stereocenters. The summed E-state index contributed by atoms with van der Waals surface area (Å²) in [4.78, 5) is 5.39. The minimum Gasteiger partial charge on any atom is -0.408 e. The van der Waals surface area contributed by atoms with Crippen LogP contribution in [0, 0.1) is 12.8 Å². The highest BCUT2D eigenvalue weighted by Gasteiger charge is 2.08. The summed E-state index contributed by atoms with van der Waals surface area (Å²) in [6.07, 6.45) is 1.90. The number of hydrogen-bond acceptors (Lipinski definition) is 6. The van der Waals surface area contributed by atoms with E-state index in [1.807, 2.05) is 12.4 Å². The van der Waals surface area contributed by atoms with Crippen molar-refractivity contribution in [2.24, 2.45) is 5.92 Å². The van der Waals surface area contributed by atoms with Gasteiger partial charge >= 0.3 is 6.01 Å². The summed E-state index contributed by atoms with van der Waals surface area (Å²) >= 11 is 1.63. The van der Waals surface area contributed by atoms with Crippen LogP contribution in [0.4, 0.5) is 6.01 Å². The van der Waals surface area contributed by atoms with E-state index in [1.54, 1.807) is 11.3 Å². The molecular weight excluding hydrogens is 248 g/mol. The van der Waals surface area contributed by atoms with Crippen molar-refractivity contribution in [3.8, 4) is 0 Å².